The normalized spacial score (nSPS) is 11.3. The predicted octanol–water partition coefficient (Wildman–Crippen LogP) is 11.6. The maximum Gasteiger partial charge on any atom is 0.0551 e. The molecule has 4 aromatic carbocycles. The highest BCUT2D eigenvalue weighted by molar-refractivity contribution is 6.06. The first kappa shape index (κ1) is 28.4. The summed E-state index contributed by atoms with van der Waals surface area (Å²) in [6, 6.07) is 52.9. The molecule has 0 atom stereocenters. The van der Waals surface area contributed by atoms with E-state index < -0.39 is 0 Å². The molecule has 0 radical (unpaired) electrons. The van der Waals surface area contributed by atoms with E-state index >= 15 is 0 Å². The summed E-state index contributed by atoms with van der Waals surface area (Å²) < 4.78 is 0. The number of benzene rings is 4. The number of fused-ring (bicyclic) bond motifs is 1. The number of hydrogen-bond acceptors (Lipinski definition) is 1. The Bertz CT molecular complexity index is 2020. The van der Waals surface area contributed by atoms with Crippen LogP contribution in [0.2, 0.25) is 0 Å². The highest BCUT2D eigenvalue weighted by Crippen LogP contribution is 2.51. The smallest absolute Gasteiger partial charge is 0.0551 e. The van der Waals surface area contributed by atoms with E-state index in [1.165, 1.54) is 66.9 Å². The quantitative estimate of drug-likeness (QED) is 0.198. The molecule has 0 bridgehead atoms. The molecule has 0 saturated heterocycles. The van der Waals surface area contributed by atoms with Gasteiger partial charge in [-0.2, -0.15) is 0 Å². The first-order valence-corrected chi connectivity index (χ1v) is 15.8. The van der Waals surface area contributed by atoms with E-state index in [4.69, 9.17) is 0 Å². The Kier molecular flexibility index (Phi) is 7.57. The molecule has 220 valence electrons. The topological polar surface area (TPSA) is 19.0 Å². The lowest BCUT2D eigenvalue weighted by molar-refractivity contribution is 0.869. The van der Waals surface area contributed by atoms with Gasteiger partial charge in [-0.15, -0.1) is 0 Å². The third kappa shape index (κ3) is 5.34. The van der Waals surface area contributed by atoms with Crippen molar-refractivity contribution in [3.8, 4) is 67.0 Å². The van der Waals surface area contributed by atoms with Crippen molar-refractivity contribution in [3.05, 3.63) is 151 Å². The van der Waals surface area contributed by atoms with Crippen molar-refractivity contribution in [2.24, 2.45) is 0 Å². The molecule has 0 saturated carbocycles. The minimum atomic E-state index is 0.407. The number of H-pyrrole nitrogens is 1. The molecule has 2 heteroatoms. The molecule has 2 nitrogen and oxygen atoms in total. The lowest BCUT2D eigenvalue weighted by Gasteiger charge is -2.15. The highest BCUT2D eigenvalue weighted by atomic mass is 15.1. The minimum Gasteiger partial charge on any atom is -0.378 e. The van der Waals surface area contributed by atoms with Crippen molar-refractivity contribution in [3.63, 3.8) is 0 Å². The van der Waals surface area contributed by atoms with Gasteiger partial charge in [-0.05, 0) is 68.6 Å². The van der Waals surface area contributed by atoms with Crippen molar-refractivity contribution in [1.82, 2.24) is 4.98 Å². The minimum absolute atomic E-state index is 0.407. The van der Waals surface area contributed by atoms with Crippen LogP contribution in [0.5, 0.6) is 0 Å². The van der Waals surface area contributed by atoms with Crippen LogP contribution in [0.1, 0.15) is 25.3 Å². The molecule has 1 N–H and O–H groups in total. The molecule has 0 amide bonds. The lowest BCUT2D eigenvalue weighted by atomic mass is 9.91. The van der Waals surface area contributed by atoms with E-state index in [2.05, 4.69) is 183 Å². The summed E-state index contributed by atoms with van der Waals surface area (Å²) in [5.74, 6) is 0.407. The summed E-state index contributed by atoms with van der Waals surface area (Å²) in [7, 11) is 4.18. The Morgan fingerprint density at radius 2 is 1.00 bits per heavy atom. The number of aromatic amines is 1. The summed E-state index contributed by atoms with van der Waals surface area (Å²) in [4.78, 5) is 6.18. The van der Waals surface area contributed by atoms with E-state index in [0.29, 0.717) is 5.92 Å². The second-order valence-electron chi connectivity index (χ2n) is 12.3. The zero-order valence-electron chi connectivity index (χ0n) is 26.4. The largest absolute Gasteiger partial charge is 0.378 e. The first-order chi connectivity index (χ1) is 22.0. The van der Waals surface area contributed by atoms with Crippen LogP contribution in [-0.2, 0) is 0 Å². The van der Waals surface area contributed by atoms with Crippen molar-refractivity contribution < 1.29 is 0 Å². The van der Waals surface area contributed by atoms with Gasteiger partial charge in [-0.3, -0.25) is 0 Å². The van der Waals surface area contributed by atoms with Gasteiger partial charge in [0.05, 0.1) is 11.4 Å². The van der Waals surface area contributed by atoms with Gasteiger partial charge in [0, 0.05) is 36.5 Å². The number of rotatable bonds is 7. The fourth-order valence-electron chi connectivity index (χ4n) is 6.45. The molecule has 2 aliphatic rings. The zero-order chi connectivity index (χ0) is 30.9. The SMILES string of the molecule is CC(C)c1cccc2c(-c3ccccc3)cc(-c3[nH]c(-c4ccccc4)c(-c4ccccc4)c3-c3ccc(N(C)C)cc3)c-2c1. The Hall–Kier alpha value is -5.34. The molecular weight excluding hydrogens is 544 g/mol. The third-order valence-corrected chi connectivity index (χ3v) is 8.84. The number of hydrogen-bond donors (Lipinski definition) is 1. The van der Waals surface area contributed by atoms with Gasteiger partial charge in [0.25, 0.3) is 0 Å². The number of nitrogens with zero attached hydrogens (tertiary/aromatic N) is 1. The van der Waals surface area contributed by atoms with Crippen LogP contribution >= 0.6 is 0 Å². The molecule has 0 aliphatic heterocycles. The number of anilines is 1. The molecule has 0 unspecified atom stereocenters. The maximum absolute atomic E-state index is 4.02. The summed E-state index contributed by atoms with van der Waals surface area (Å²) in [6.45, 7) is 4.55. The molecule has 2 aliphatic carbocycles. The van der Waals surface area contributed by atoms with Gasteiger partial charge >= 0.3 is 0 Å². The fraction of sp³-hybridized carbons (Fsp3) is 0.116. The molecule has 0 fully saturated rings. The average molecular weight is 583 g/mol. The van der Waals surface area contributed by atoms with E-state index in [9.17, 15) is 0 Å². The molecule has 45 heavy (non-hydrogen) atoms. The second kappa shape index (κ2) is 12.0. The van der Waals surface area contributed by atoms with Crippen LogP contribution in [-0.4, -0.2) is 19.1 Å². The van der Waals surface area contributed by atoms with E-state index in [1.54, 1.807) is 0 Å². The standard InChI is InChI=1S/C43H38N2/c1-29(2)34-21-14-22-36-37(30-15-8-5-9-16-30)28-39(38(36)27-34)43-41(32-23-25-35(26-24-32)45(3)4)40(31-17-10-6-11-18-31)42(44-43)33-19-12-7-13-20-33/h5-29,44H,1-4H3. The fourth-order valence-corrected chi connectivity index (χ4v) is 6.45. The van der Waals surface area contributed by atoms with Crippen LogP contribution in [0.3, 0.4) is 0 Å². The van der Waals surface area contributed by atoms with E-state index in [1.807, 2.05) is 0 Å². The molecule has 1 heterocycles. The van der Waals surface area contributed by atoms with Crippen molar-refractivity contribution >= 4 is 5.69 Å². The van der Waals surface area contributed by atoms with Gasteiger partial charge < -0.3 is 9.88 Å². The van der Waals surface area contributed by atoms with Gasteiger partial charge in [0.2, 0.25) is 0 Å². The van der Waals surface area contributed by atoms with Gasteiger partial charge in [0.15, 0.2) is 0 Å². The van der Waals surface area contributed by atoms with Crippen LogP contribution in [0, 0.1) is 0 Å². The molecule has 1 aromatic heterocycles. The zero-order valence-corrected chi connectivity index (χ0v) is 26.4. The summed E-state index contributed by atoms with van der Waals surface area (Å²) >= 11 is 0. The Morgan fingerprint density at radius 3 is 1.60 bits per heavy atom. The summed E-state index contributed by atoms with van der Waals surface area (Å²) in [6.07, 6.45) is 0. The van der Waals surface area contributed by atoms with Gasteiger partial charge in [0.1, 0.15) is 0 Å². The Morgan fingerprint density at radius 1 is 0.444 bits per heavy atom. The van der Waals surface area contributed by atoms with Crippen LogP contribution in [0.25, 0.3) is 67.0 Å². The molecule has 0 spiro atoms. The summed E-state index contributed by atoms with van der Waals surface area (Å²) in [5.41, 5.74) is 17.0. The van der Waals surface area contributed by atoms with E-state index in [0.717, 1.165) is 11.4 Å². The maximum atomic E-state index is 4.02. The van der Waals surface area contributed by atoms with Crippen molar-refractivity contribution in [2.75, 3.05) is 19.0 Å². The van der Waals surface area contributed by atoms with Gasteiger partial charge in [-0.1, -0.05) is 141 Å². The molecule has 5 aromatic rings. The molecular formula is C43H38N2. The van der Waals surface area contributed by atoms with Crippen LogP contribution < -0.4 is 4.90 Å². The van der Waals surface area contributed by atoms with E-state index in [-0.39, 0.29) is 0 Å². The monoisotopic (exact) mass is 582 g/mol. The highest BCUT2D eigenvalue weighted by Gasteiger charge is 2.27. The summed E-state index contributed by atoms with van der Waals surface area (Å²) in [5, 5.41) is 0. The lowest BCUT2D eigenvalue weighted by Crippen LogP contribution is -2.07. The average Bonchev–Trinajstić information content (AvgIpc) is 3.56. The van der Waals surface area contributed by atoms with Crippen LogP contribution in [0.15, 0.2) is 146 Å². The van der Waals surface area contributed by atoms with Gasteiger partial charge in [-0.25, -0.2) is 0 Å². The first-order valence-electron chi connectivity index (χ1n) is 15.8. The van der Waals surface area contributed by atoms with Crippen molar-refractivity contribution in [2.45, 2.75) is 19.8 Å². The number of aromatic nitrogens is 1. The number of nitrogens with one attached hydrogen (secondary N) is 1. The van der Waals surface area contributed by atoms with Crippen molar-refractivity contribution in [1.29, 1.82) is 0 Å². The Balaban J connectivity index is 1.60. The molecule has 7 rings (SSSR count). The van der Waals surface area contributed by atoms with Crippen LogP contribution in [0.4, 0.5) is 5.69 Å². The third-order valence-electron chi connectivity index (χ3n) is 8.84. The second-order valence-corrected chi connectivity index (χ2v) is 12.3. The predicted molar refractivity (Wildman–Crippen MR) is 193 cm³/mol. The Labute approximate surface area is 267 Å².